The first-order valence-electron chi connectivity index (χ1n) is 8.46. The number of furan rings is 1. The second-order valence-corrected chi connectivity index (χ2v) is 6.16. The molecule has 1 N–H and O–H groups in total. The van der Waals surface area contributed by atoms with E-state index >= 15 is 0 Å². The molecule has 1 atom stereocenters. The summed E-state index contributed by atoms with van der Waals surface area (Å²) in [5.41, 5.74) is 1.18. The number of ether oxygens (including phenoxy) is 1. The van der Waals surface area contributed by atoms with Crippen molar-refractivity contribution in [3.63, 3.8) is 0 Å². The summed E-state index contributed by atoms with van der Waals surface area (Å²) in [6.45, 7) is 4.77. The van der Waals surface area contributed by atoms with E-state index in [1.165, 1.54) is 5.56 Å². The fourth-order valence-electron chi connectivity index (χ4n) is 3.08. The van der Waals surface area contributed by atoms with Gasteiger partial charge >= 0.3 is 0 Å². The van der Waals surface area contributed by atoms with Crippen LogP contribution < -0.4 is 10.1 Å². The Morgan fingerprint density at radius 1 is 1.38 bits per heavy atom. The van der Waals surface area contributed by atoms with Gasteiger partial charge in [0.2, 0.25) is 5.91 Å². The van der Waals surface area contributed by atoms with Crippen molar-refractivity contribution in [3.8, 4) is 5.75 Å². The van der Waals surface area contributed by atoms with E-state index in [9.17, 15) is 4.79 Å². The minimum Gasteiger partial charge on any atom is -0.492 e. The zero-order valence-corrected chi connectivity index (χ0v) is 14.0. The Morgan fingerprint density at radius 2 is 2.29 bits per heavy atom. The van der Waals surface area contributed by atoms with Crippen LogP contribution in [0.5, 0.6) is 5.75 Å². The van der Waals surface area contributed by atoms with Crippen molar-refractivity contribution in [1.82, 2.24) is 10.2 Å². The number of rotatable bonds is 7. The highest BCUT2D eigenvalue weighted by molar-refractivity contribution is 5.81. The summed E-state index contributed by atoms with van der Waals surface area (Å²) in [5, 5.41) is 2.96. The summed E-state index contributed by atoms with van der Waals surface area (Å²) in [6.07, 6.45) is 3.56. The van der Waals surface area contributed by atoms with E-state index in [2.05, 4.69) is 10.2 Å². The molecule has 24 heavy (non-hydrogen) atoms. The number of hydrogen-bond acceptors (Lipinski definition) is 4. The van der Waals surface area contributed by atoms with Crippen molar-refractivity contribution < 1.29 is 13.9 Å². The van der Waals surface area contributed by atoms with Crippen LogP contribution in [-0.4, -0.2) is 36.5 Å². The van der Waals surface area contributed by atoms with Crippen LogP contribution in [0.3, 0.4) is 0 Å². The molecule has 1 fully saturated rings. The third-order valence-electron chi connectivity index (χ3n) is 4.32. The third kappa shape index (κ3) is 4.38. The summed E-state index contributed by atoms with van der Waals surface area (Å²) in [5.74, 6) is 1.73. The molecule has 0 aliphatic carbocycles. The molecule has 5 nitrogen and oxygen atoms in total. The van der Waals surface area contributed by atoms with Crippen molar-refractivity contribution in [3.05, 3.63) is 54.0 Å². The number of amides is 1. The van der Waals surface area contributed by atoms with E-state index in [-0.39, 0.29) is 11.9 Å². The molecular formula is C19H24N2O3. The molecule has 1 aliphatic heterocycles. The van der Waals surface area contributed by atoms with Crippen molar-refractivity contribution in [2.24, 2.45) is 0 Å². The number of carbonyl (C=O) groups excluding carboxylic acids is 1. The quantitative estimate of drug-likeness (QED) is 0.849. The number of benzene rings is 1. The Balaban J connectivity index is 1.45. The molecule has 3 rings (SSSR count). The predicted octanol–water partition coefficient (Wildman–Crippen LogP) is 2.75. The topological polar surface area (TPSA) is 54.7 Å². The van der Waals surface area contributed by atoms with Gasteiger partial charge in [-0.3, -0.25) is 9.69 Å². The maximum atomic E-state index is 12.4. The normalized spacial score (nSPS) is 17.8. The Bertz CT molecular complexity index is 654. The number of likely N-dealkylation sites (tertiary alicyclic amines) is 1. The van der Waals surface area contributed by atoms with Gasteiger partial charge in [0.05, 0.1) is 18.8 Å². The van der Waals surface area contributed by atoms with E-state index in [0.29, 0.717) is 13.2 Å². The molecular weight excluding hydrogens is 304 g/mol. The van der Waals surface area contributed by atoms with E-state index in [0.717, 1.165) is 37.4 Å². The molecule has 1 aromatic heterocycles. The zero-order valence-electron chi connectivity index (χ0n) is 14.0. The summed E-state index contributed by atoms with van der Waals surface area (Å²) >= 11 is 0. The lowest BCUT2D eigenvalue weighted by atomic mass is 10.2. The molecule has 1 saturated heterocycles. The monoisotopic (exact) mass is 328 g/mol. The Morgan fingerprint density at radius 3 is 3.08 bits per heavy atom. The fraction of sp³-hybridized carbons (Fsp3) is 0.421. The molecule has 2 heterocycles. The van der Waals surface area contributed by atoms with Crippen LogP contribution in [0.4, 0.5) is 0 Å². The number of nitrogens with zero attached hydrogens (tertiary/aromatic N) is 1. The van der Waals surface area contributed by atoms with Crippen LogP contribution in [0.1, 0.15) is 24.2 Å². The van der Waals surface area contributed by atoms with E-state index in [1.807, 2.05) is 43.3 Å². The highest BCUT2D eigenvalue weighted by Crippen LogP contribution is 2.18. The SMILES string of the molecule is Cc1cccc(OCCN2CCCC2C(=O)NCc2ccco2)c1. The van der Waals surface area contributed by atoms with Crippen LogP contribution >= 0.6 is 0 Å². The highest BCUT2D eigenvalue weighted by Gasteiger charge is 2.30. The second-order valence-electron chi connectivity index (χ2n) is 6.16. The van der Waals surface area contributed by atoms with Crippen LogP contribution in [0.2, 0.25) is 0 Å². The van der Waals surface area contributed by atoms with Gasteiger partial charge in [0, 0.05) is 6.54 Å². The van der Waals surface area contributed by atoms with Gasteiger partial charge in [-0.05, 0) is 56.1 Å². The lowest BCUT2D eigenvalue weighted by molar-refractivity contribution is -0.125. The van der Waals surface area contributed by atoms with Crippen LogP contribution in [-0.2, 0) is 11.3 Å². The number of carbonyl (C=O) groups is 1. The molecule has 0 spiro atoms. The summed E-state index contributed by atoms with van der Waals surface area (Å²) in [4.78, 5) is 14.6. The molecule has 2 aromatic rings. The molecule has 0 saturated carbocycles. The van der Waals surface area contributed by atoms with Gasteiger partial charge in [0.15, 0.2) is 0 Å². The fourth-order valence-corrected chi connectivity index (χ4v) is 3.08. The van der Waals surface area contributed by atoms with Crippen LogP contribution in [0.25, 0.3) is 0 Å². The first kappa shape index (κ1) is 16.6. The lowest BCUT2D eigenvalue weighted by Gasteiger charge is -2.23. The molecule has 1 amide bonds. The smallest absolute Gasteiger partial charge is 0.237 e. The van der Waals surface area contributed by atoms with Crippen molar-refractivity contribution in [1.29, 1.82) is 0 Å². The molecule has 0 radical (unpaired) electrons. The zero-order chi connectivity index (χ0) is 16.8. The first-order valence-corrected chi connectivity index (χ1v) is 8.46. The lowest BCUT2D eigenvalue weighted by Crippen LogP contribution is -2.44. The second kappa shape index (κ2) is 8.02. The Hall–Kier alpha value is -2.27. The van der Waals surface area contributed by atoms with Gasteiger partial charge in [0.25, 0.3) is 0 Å². The van der Waals surface area contributed by atoms with Crippen LogP contribution in [0, 0.1) is 6.92 Å². The molecule has 1 aliphatic rings. The molecule has 1 aromatic carbocycles. The highest BCUT2D eigenvalue weighted by atomic mass is 16.5. The van der Waals surface area contributed by atoms with E-state index in [1.54, 1.807) is 6.26 Å². The Labute approximate surface area is 142 Å². The number of hydrogen-bond donors (Lipinski definition) is 1. The van der Waals surface area contributed by atoms with Crippen molar-refractivity contribution >= 4 is 5.91 Å². The minimum atomic E-state index is -0.0685. The molecule has 1 unspecified atom stereocenters. The Kier molecular flexibility index (Phi) is 5.54. The predicted molar refractivity (Wildman–Crippen MR) is 91.8 cm³/mol. The van der Waals surface area contributed by atoms with Gasteiger partial charge in [-0.25, -0.2) is 0 Å². The molecule has 128 valence electrons. The molecule has 0 bridgehead atoms. The largest absolute Gasteiger partial charge is 0.492 e. The van der Waals surface area contributed by atoms with E-state index in [4.69, 9.17) is 9.15 Å². The van der Waals surface area contributed by atoms with Gasteiger partial charge in [0.1, 0.15) is 18.1 Å². The van der Waals surface area contributed by atoms with E-state index < -0.39 is 0 Å². The van der Waals surface area contributed by atoms with Crippen molar-refractivity contribution in [2.75, 3.05) is 19.7 Å². The average molecular weight is 328 g/mol. The minimum absolute atomic E-state index is 0.0685. The standard InChI is InChI=1S/C19H24N2O3/c1-15-5-2-6-16(13-15)24-12-10-21-9-3-8-18(21)19(22)20-14-17-7-4-11-23-17/h2,4-7,11,13,18H,3,8-10,12,14H2,1H3,(H,20,22). The summed E-state index contributed by atoms with van der Waals surface area (Å²) in [6, 6.07) is 11.6. The first-order chi connectivity index (χ1) is 11.7. The number of nitrogens with one attached hydrogen (secondary N) is 1. The maximum Gasteiger partial charge on any atom is 0.237 e. The molecule has 5 heteroatoms. The van der Waals surface area contributed by atoms with Gasteiger partial charge in [-0.2, -0.15) is 0 Å². The van der Waals surface area contributed by atoms with Crippen molar-refractivity contribution in [2.45, 2.75) is 32.4 Å². The van der Waals surface area contributed by atoms with Gasteiger partial charge in [-0.15, -0.1) is 0 Å². The third-order valence-corrected chi connectivity index (χ3v) is 4.32. The average Bonchev–Trinajstić information content (AvgIpc) is 3.24. The van der Waals surface area contributed by atoms with Crippen LogP contribution in [0.15, 0.2) is 47.1 Å². The summed E-state index contributed by atoms with van der Waals surface area (Å²) < 4.78 is 11.1. The maximum absolute atomic E-state index is 12.4. The number of aryl methyl sites for hydroxylation is 1. The summed E-state index contributed by atoms with van der Waals surface area (Å²) in [7, 11) is 0. The van der Waals surface area contributed by atoms with Gasteiger partial charge in [-0.1, -0.05) is 12.1 Å². The van der Waals surface area contributed by atoms with Gasteiger partial charge < -0.3 is 14.5 Å².